The average molecular weight is 272 g/mol. The number of likely N-dealkylation sites (N-methyl/N-ethyl adjacent to an activating group) is 1. The summed E-state index contributed by atoms with van der Waals surface area (Å²) < 4.78 is 0. The number of rotatable bonds is 10. The number of hydrogen-bond acceptors (Lipinski definition) is 4. The summed E-state index contributed by atoms with van der Waals surface area (Å²) in [5.41, 5.74) is 0. The Hall–Kier alpha value is -0.650. The Morgan fingerprint density at radius 3 is 1.68 bits per heavy atom. The quantitative estimate of drug-likeness (QED) is 0.622. The van der Waals surface area contributed by atoms with Crippen molar-refractivity contribution < 1.29 is 4.79 Å². The lowest BCUT2D eigenvalue weighted by Crippen LogP contribution is -2.45. The highest BCUT2D eigenvalue weighted by atomic mass is 16.2. The van der Waals surface area contributed by atoms with Crippen LogP contribution in [0.5, 0.6) is 0 Å². The van der Waals surface area contributed by atoms with E-state index in [4.69, 9.17) is 0 Å². The Bertz CT molecular complexity index is 230. The van der Waals surface area contributed by atoms with E-state index in [9.17, 15) is 4.79 Å². The molecule has 0 saturated heterocycles. The number of nitrogens with one attached hydrogen (secondary N) is 1. The van der Waals surface area contributed by atoms with Gasteiger partial charge in [0.05, 0.1) is 6.04 Å². The summed E-state index contributed by atoms with van der Waals surface area (Å²) in [5.74, 6) is 0.208. The van der Waals surface area contributed by atoms with Gasteiger partial charge in [0.25, 0.3) is 0 Å². The third kappa shape index (κ3) is 8.97. The fourth-order valence-electron chi connectivity index (χ4n) is 1.89. The summed E-state index contributed by atoms with van der Waals surface area (Å²) in [7, 11) is 10.1. The number of nitrogens with zero attached hydrogens (tertiary/aromatic N) is 3. The van der Waals surface area contributed by atoms with E-state index in [1.807, 2.05) is 18.9 Å². The van der Waals surface area contributed by atoms with Gasteiger partial charge in [-0.05, 0) is 68.1 Å². The first-order chi connectivity index (χ1) is 8.88. The minimum Gasteiger partial charge on any atom is -0.341 e. The molecule has 0 aliphatic heterocycles. The Labute approximate surface area is 118 Å². The molecule has 0 aromatic heterocycles. The lowest BCUT2D eigenvalue weighted by molar-refractivity contribution is -0.133. The molecule has 5 nitrogen and oxygen atoms in total. The van der Waals surface area contributed by atoms with Gasteiger partial charge in [0, 0.05) is 13.1 Å². The minimum atomic E-state index is -0.0984. The van der Waals surface area contributed by atoms with E-state index in [-0.39, 0.29) is 11.9 Å². The van der Waals surface area contributed by atoms with Crippen LogP contribution < -0.4 is 5.32 Å². The first-order valence-electron chi connectivity index (χ1n) is 7.14. The van der Waals surface area contributed by atoms with Crippen LogP contribution in [-0.4, -0.2) is 88.1 Å². The first-order valence-corrected chi connectivity index (χ1v) is 7.14. The fourth-order valence-corrected chi connectivity index (χ4v) is 1.89. The van der Waals surface area contributed by atoms with Crippen molar-refractivity contribution in [2.45, 2.75) is 25.8 Å². The number of hydrogen-bond donors (Lipinski definition) is 1. The molecule has 1 atom stereocenters. The fraction of sp³-hybridized carbons (Fsp3) is 0.929. The zero-order chi connectivity index (χ0) is 14.8. The van der Waals surface area contributed by atoms with Crippen LogP contribution in [0.3, 0.4) is 0 Å². The Kier molecular flexibility index (Phi) is 9.83. The van der Waals surface area contributed by atoms with Crippen molar-refractivity contribution in [1.29, 1.82) is 0 Å². The van der Waals surface area contributed by atoms with E-state index >= 15 is 0 Å². The average Bonchev–Trinajstić information content (AvgIpc) is 2.34. The molecular formula is C14H32N4O. The second kappa shape index (κ2) is 10.2. The largest absolute Gasteiger partial charge is 0.341 e. The lowest BCUT2D eigenvalue weighted by Gasteiger charge is -2.27. The Balaban J connectivity index is 4.25. The number of amides is 1. The van der Waals surface area contributed by atoms with Crippen molar-refractivity contribution in [3.63, 3.8) is 0 Å². The van der Waals surface area contributed by atoms with Crippen molar-refractivity contribution in [2.75, 3.05) is 61.4 Å². The summed E-state index contributed by atoms with van der Waals surface area (Å²) in [5, 5.41) is 3.03. The van der Waals surface area contributed by atoms with E-state index in [0.717, 1.165) is 39.0 Å². The van der Waals surface area contributed by atoms with Crippen LogP contribution in [0.15, 0.2) is 0 Å². The van der Waals surface area contributed by atoms with Crippen molar-refractivity contribution >= 4 is 5.91 Å². The van der Waals surface area contributed by atoms with Crippen molar-refractivity contribution in [3.8, 4) is 0 Å². The van der Waals surface area contributed by atoms with E-state index in [1.165, 1.54) is 0 Å². The van der Waals surface area contributed by atoms with Crippen molar-refractivity contribution in [3.05, 3.63) is 0 Å². The molecule has 0 aliphatic rings. The van der Waals surface area contributed by atoms with Gasteiger partial charge in [-0.25, -0.2) is 0 Å². The molecule has 0 radical (unpaired) electrons. The highest BCUT2D eigenvalue weighted by Crippen LogP contribution is 2.00. The van der Waals surface area contributed by atoms with Crippen LogP contribution in [0, 0.1) is 0 Å². The molecule has 5 heteroatoms. The standard InChI is InChI=1S/C14H32N4O/c1-13(15-2)14(19)18(11-7-9-16(3)4)12-8-10-17(5)6/h13,15H,7-12H2,1-6H3. The molecule has 0 heterocycles. The van der Waals surface area contributed by atoms with Crippen molar-refractivity contribution in [2.24, 2.45) is 0 Å². The van der Waals surface area contributed by atoms with Gasteiger partial charge in [0.15, 0.2) is 0 Å². The van der Waals surface area contributed by atoms with Crippen LogP contribution in [-0.2, 0) is 4.79 Å². The second-order valence-electron chi connectivity index (χ2n) is 5.65. The molecule has 0 rings (SSSR count). The van der Waals surface area contributed by atoms with Crippen LogP contribution in [0.25, 0.3) is 0 Å². The maximum atomic E-state index is 12.3. The molecular weight excluding hydrogens is 240 g/mol. The zero-order valence-corrected chi connectivity index (χ0v) is 13.6. The molecule has 1 unspecified atom stereocenters. The van der Waals surface area contributed by atoms with Crippen LogP contribution >= 0.6 is 0 Å². The third-order valence-electron chi connectivity index (χ3n) is 3.18. The molecule has 1 amide bonds. The highest BCUT2D eigenvalue weighted by Gasteiger charge is 2.18. The molecule has 0 saturated carbocycles. The van der Waals surface area contributed by atoms with E-state index in [1.54, 1.807) is 0 Å². The lowest BCUT2D eigenvalue weighted by atomic mass is 10.2. The molecule has 0 aliphatic carbocycles. The number of carbonyl (C=O) groups excluding carboxylic acids is 1. The normalized spacial score (nSPS) is 13.1. The Morgan fingerprint density at radius 1 is 0.947 bits per heavy atom. The van der Waals surface area contributed by atoms with Crippen LogP contribution in [0.4, 0.5) is 0 Å². The smallest absolute Gasteiger partial charge is 0.239 e. The van der Waals surface area contributed by atoms with Gasteiger partial charge in [-0.2, -0.15) is 0 Å². The van der Waals surface area contributed by atoms with Crippen LogP contribution in [0.2, 0.25) is 0 Å². The predicted molar refractivity (Wildman–Crippen MR) is 81.4 cm³/mol. The molecule has 1 N–H and O–H groups in total. The monoisotopic (exact) mass is 272 g/mol. The maximum absolute atomic E-state index is 12.3. The van der Waals surface area contributed by atoms with Gasteiger partial charge in [-0.15, -0.1) is 0 Å². The van der Waals surface area contributed by atoms with Gasteiger partial charge < -0.3 is 20.0 Å². The summed E-state index contributed by atoms with van der Waals surface area (Å²) in [6, 6.07) is -0.0984. The molecule has 0 fully saturated rings. The SMILES string of the molecule is CNC(C)C(=O)N(CCCN(C)C)CCCN(C)C. The maximum Gasteiger partial charge on any atom is 0.239 e. The summed E-state index contributed by atoms with van der Waals surface area (Å²) in [6.45, 7) is 5.65. The molecule has 19 heavy (non-hydrogen) atoms. The molecule has 0 aromatic rings. The molecule has 114 valence electrons. The van der Waals surface area contributed by atoms with Gasteiger partial charge in [0.1, 0.15) is 0 Å². The van der Waals surface area contributed by atoms with Gasteiger partial charge in [-0.1, -0.05) is 0 Å². The molecule has 0 spiro atoms. The summed E-state index contributed by atoms with van der Waals surface area (Å²) in [6.07, 6.45) is 2.05. The minimum absolute atomic E-state index is 0.0984. The van der Waals surface area contributed by atoms with Gasteiger partial charge in [-0.3, -0.25) is 4.79 Å². The molecule has 0 aromatic carbocycles. The van der Waals surface area contributed by atoms with Gasteiger partial charge in [0.2, 0.25) is 5.91 Å². The third-order valence-corrected chi connectivity index (χ3v) is 3.18. The summed E-state index contributed by atoms with van der Waals surface area (Å²) >= 11 is 0. The topological polar surface area (TPSA) is 38.8 Å². The van der Waals surface area contributed by atoms with E-state index in [0.29, 0.717) is 0 Å². The van der Waals surface area contributed by atoms with E-state index < -0.39 is 0 Å². The Morgan fingerprint density at radius 2 is 1.37 bits per heavy atom. The van der Waals surface area contributed by atoms with Gasteiger partial charge >= 0.3 is 0 Å². The second-order valence-corrected chi connectivity index (χ2v) is 5.65. The molecule has 0 bridgehead atoms. The summed E-state index contributed by atoms with van der Waals surface area (Å²) in [4.78, 5) is 18.6. The number of carbonyl (C=O) groups is 1. The first kappa shape index (κ1) is 18.4. The predicted octanol–water partition coefficient (Wildman–Crippen LogP) is 0.326. The van der Waals surface area contributed by atoms with Crippen LogP contribution in [0.1, 0.15) is 19.8 Å². The van der Waals surface area contributed by atoms with E-state index in [2.05, 4.69) is 43.3 Å². The van der Waals surface area contributed by atoms with Crippen molar-refractivity contribution in [1.82, 2.24) is 20.0 Å². The zero-order valence-electron chi connectivity index (χ0n) is 13.6. The highest BCUT2D eigenvalue weighted by molar-refractivity contribution is 5.81.